The van der Waals surface area contributed by atoms with Crippen molar-refractivity contribution < 1.29 is 9.47 Å². The lowest BCUT2D eigenvalue weighted by atomic mass is 9.95. The number of hydrazine groups is 1. The van der Waals surface area contributed by atoms with Gasteiger partial charge in [0.15, 0.2) is 0 Å². The summed E-state index contributed by atoms with van der Waals surface area (Å²) in [6, 6.07) is 6.34. The number of nitrogens with one attached hydrogen (secondary N) is 1. The molecule has 0 amide bonds. The fourth-order valence-corrected chi connectivity index (χ4v) is 2.19. The Bertz CT molecular complexity index is 376. The van der Waals surface area contributed by atoms with E-state index in [1.54, 1.807) is 0 Å². The van der Waals surface area contributed by atoms with E-state index in [0.717, 1.165) is 0 Å². The summed E-state index contributed by atoms with van der Waals surface area (Å²) in [7, 11) is 0. The van der Waals surface area contributed by atoms with E-state index in [9.17, 15) is 0 Å². The van der Waals surface area contributed by atoms with Crippen molar-refractivity contribution in [2.45, 2.75) is 26.0 Å². The third kappa shape index (κ3) is 2.84. The van der Waals surface area contributed by atoms with Gasteiger partial charge in [0.2, 0.25) is 0 Å². The van der Waals surface area contributed by atoms with Crippen molar-refractivity contribution in [2.24, 2.45) is 5.84 Å². The van der Waals surface area contributed by atoms with Gasteiger partial charge in [-0.2, -0.15) is 0 Å². The van der Waals surface area contributed by atoms with Crippen LogP contribution >= 0.6 is 0 Å². The summed E-state index contributed by atoms with van der Waals surface area (Å²) in [6.07, 6.45) is -0.0192. The highest BCUT2D eigenvalue weighted by Crippen LogP contribution is 2.24. The molecule has 0 bridgehead atoms. The van der Waals surface area contributed by atoms with Crippen molar-refractivity contribution in [3.05, 3.63) is 34.9 Å². The predicted molar refractivity (Wildman–Crippen MR) is 66.5 cm³/mol. The number of hydrogen-bond donors (Lipinski definition) is 2. The van der Waals surface area contributed by atoms with E-state index in [4.69, 9.17) is 15.3 Å². The normalized spacial score (nSPS) is 22.4. The highest BCUT2D eigenvalue weighted by molar-refractivity contribution is 5.33. The fourth-order valence-electron chi connectivity index (χ4n) is 2.19. The summed E-state index contributed by atoms with van der Waals surface area (Å²) in [5.41, 5.74) is 6.47. The molecule has 1 aliphatic heterocycles. The molecule has 1 saturated heterocycles. The molecular formula is C13H20N2O2. The van der Waals surface area contributed by atoms with E-state index in [2.05, 4.69) is 37.5 Å². The van der Waals surface area contributed by atoms with E-state index in [-0.39, 0.29) is 12.1 Å². The van der Waals surface area contributed by atoms with Crippen LogP contribution < -0.4 is 11.3 Å². The SMILES string of the molecule is Cc1ccc(C)c(C(NN)C2COCCO2)c1. The molecule has 1 heterocycles. The number of hydrogen-bond acceptors (Lipinski definition) is 4. The van der Waals surface area contributed by atoms with E-state index in [0.29, 0.717) is 19.8 Å². The molecule has 0 radical (unpaired) electrons. The van der Waals surface area contributed by atoms with Gasteiger partial charge in [0.25, 0.3) is 0 Å². The molecule has 17 heavy (non-hydrogen) atoms. The highest BCUT2D eigenvalue weighted by Gasteiger charge is 2.26. The zero-order chi connectivity index (χ0) is 12.3. The smallest absolute Gasteiger partial charge is 0.102 e. The molecule has 3 N–H and O–H groups in total. The second-order valence-corrected chi connectivity index (χ2v) is 4.49. The Balaban J connectivity index is 2.24. The molecule has 94 valence electrons. The predicted octanol–water partition coefficient (Wildman–Crippen LogP) is 1.22. The molecule has 0 saturated carbocycles. The molecule has 2 unspecified atom stereocenters. The maximum absolute atomic E-state index is 5.71. The summed E-state index contributed by atoms with van der Waals surface area (Å²) in [5, 5.41) is 0. The second kappa shape index (κ2) is 5.60. The van der Waals surface area contributed by atoms with E-state index < -0.39 is 0 Å². The molecule has 2 rings (SSSR count). The van der Waals surface area contributed by atoms with Gasteiger partial charge >= 0.3 is 0 Å². The lowest BCUT2D eigenvalue weighted by Gasteiger charge is -2.31. The summed E-state index contributed by atoms with van der Waals surface area (Å²) in [6.45, 7) is 6.05. The Kier molecular flexibility index (Phi) is 4.12. The Morgan fingerprint density at radius 1 is 1.35 bits per heavy atom. The van der Waals surface area contributed by atoms with Crippen molar-refractivity contribution in [1.82, 2.24) is 5.43 Å². The Morgan fingerprint density at radius 3 is 2.82 bits per heavy atom. The Labute approximate surface area is 102 Å². The van der Waals surface area contributed by atoms with E-state index in [1.807, 2.05) is 0 Å². The molecule has 1 aromatic carbocycles. The standard InChI is InChI=1S/C13H20N2O2/c1-9-3-4-10(2)11(7-9)13(15-14)12-8-16-5-6-17-12/h3-4,7,12-13,15H,5-6,8,14H2,1-2H3. The molecule has 4 heteroatoms. The molecule has 1 aromatic rings. The molecule has 4 nitrogen and oxygen atoms in total. The summed E-state index contributed by atoms with van der Waals surface area (Å²) in [4.78, 5) is 0. The van der Waals surface area contributed by atoms with Crippen LogP contribution in [-0.4, -0.2) is 25.9 Å². The fraction of sp³-hybridized carbons (Fsp3) is 0.538. The summed E-state index contributed by atoms with van der Waals surface area (Å²) >= 11 is 0. The average molecular weight is 236 g/mol. The van der Waals surface area contributed by atoms with Crippen LogP contribution in [0.5, 0.6) is 0 Å². The van der Waals surface area contributed by atoms with E-state index in [1.165, 1.54) is 16.7 Å². The number of ether oxygens (including phenoxy) is 2. The van der Waals surface area contributed by atoms with Crippen LogP contribution in [0.4, 0.5) is 0 Å². The minimum Gasteiger partial charge on any atom is -0.376 e. The second-order valence-electron chi connectivity index (χ2n) is 4.49. The average Bonchev–Trinajstić information content (AvgIpc) is 2.36. The minimum absolute atomic E-state index is 0.0183. The number of nitrogens with two attached hydrogens (primary N) is 1. The van der Waals surface area contributed by atoms with Crippen molar-refractivity contribution in [1.29, 1.82) is 0 Å². The maximum atomic E-state index is 5.71. The Morgan fingerprint density at radius 2 is 2.18 bits per heavy atom. The quantitative estimate of drug-likeness (QED) is 0.612. The van der Waals surface area contributed by atoms with Gasteiger partial charge in [0.1, 0.15) is 6.10 Å². The Hall–Kier alpha value is -0.940. The minimum atomic E-state index is -0.0192. The van der Waals surface area contributed by atoms with Crippen LogP contribution in [0.25, 0.3) is 0 Å². The van der Waals surface area contributed by atoms with Crippen LogP contribution in [0.3, 0.4) is 0 Å². The van der Waals surface area contributed by atoms with Gasteiger partial charge in [-0.1, -0.05) is 23.8 Å². The lowest BCUT2D eigenvalue weighted by molar-refractivity contribution is -0.102. The monoisotopic (exact) mass is 236 g/mol. The summed E-state index contributed by atoms with van der Waals surface area (Å²) in [5.74, 6) is 5.67. The van der Waals surface area contributed by atoms with Crippen LogP contribution in [0.1, 0.15) is 22.7 Å². The van der Waals surface area contributed by atoms with Gasteiger partial charge < -0.3 is 9.47 Å². The van der Waals surface area contributed by atoms with Gasteiger partial charge in [-0.3, -0.25) is 11.3 Å². The third-order valence-corrected chi connectivity index (χ3v) is 3.16. The van der Waals surface area contributed by atoms with Crippen molar-refractivity contribution in [3.8, 4) is 0 Å². The summed E-state index contributed by atoms with van der Waals surface area (Å²) < 4.78 is 11.1. The highest BCUT2D eigenvalue weighted by atomic mass is 16.6. The first-order valence-corrected chi connectivity index (χ1v) is 5.95. The van der Waals surface area contributed by atoms with Gasteiger partial charge in [0.05, 0.1) is 25.9 Å². The van der Waals surface area contributed by atoms with Gasteiger partial charge in [-0.05, 0) is 25.0 Å². The lowest BCUT2D eigenvalue weighted by Crippen LogP contribution is -2.43. The van der Waals surface area contributed by atoms with Crippen LogP contribution in [0.2, 0.25) is 0 Å². The van der Waals surface area contributed by atoms with E-state index >= 15 is 0 Å². The molecule has 1 fully saturated rings. The maximum Gasteiger partial charge on any atom is 0.102 e. The van der Waals surface area contributed by atoms with Crippen LogP contribution in [-0.2, 0) is 9.47 Å². The molecule has 1 aliphatic rings. The first-order valence-electron chi connectivity index (χ1n) is 5.95. The van der Waals surface area contributed by atoms with Crippen LogP contribution in [0.15, 0.2) is 18.2 Å². The molecule has 0 aromatic heterocycles. The topological polar surface area (TPSA) is 56.5 Å². The number of benzene rings is 1. The number of rotatable bonds is 3. The first-order chi connectivity index (χ1) is 8.22. The zero-order valence-electron chi connectivity index (χ0n) is 10.4. The first kappa shape index (κ1) is 12.5. The van der Waals surface area contributed by atoms with Crippen LogP contribution in [0, 0.1) is 13.8 Å². The molecule has 0 aliphatic carbocycles. The van der Waals surface area contributed by atoms with Crippen molar-refractivity contribution >= 4 is 0 Å². The number of aryl methyl sites for hydroxylation is 2. The van der Waals surface area contributed by atoms with Crippen molar-refractivity contribution in [2.75, 3.05) is 19.8 Å². The third-order valence-electron chi connectivity index (χ3n) is 3.16. The van der Waals surface area contributed by atoms with Gasteiger partial charge in [-0.15, -0.1) is 0 Å². The largest absolute Gasteiger partial charge is 0.376 e. The molecule has 0 spiro atoms. The van der Waals surface area contributed by atoms with Gasteiger partial charge in [-0.25, -0.2) is 0 Å². The zero-order valence-corrected chi connectivity index (χ0v) is 10.4. The van der Waals surface area contributed by atoms with Gasteiger partial charge in [0, 0.05) is 0 Å². The molecular weight excluding hydrogens is 216 g/mol. The van der Waals surface area contributed by atoms with Crippen molar-refractivity contribution in [3.63, 3.8) is 0 Å². The molecule has 2 atom stereocenters.